The average Bonchev–Trinajstić information content (AvgIpc) is 3.05. The van der Waals surface area contributed by atoms with Gasteiger partial charge in [0.05, 0.1) is 17.4 Å². The molecule has 0 spiro atoms. The van der Waals surface area contributed by atoms with Crippen molar-refractivity contribution in [3.8, 4) is 0 Å². The van der Waals surface area contributed by atoms with E-state index < -0.39 is 0 Å². The summed E-state index contributed by atoms with van der Waals surface area (Å²) in [6.45, 7) is 1.86. The van der Waals surface area contributed by atoms with E-state index in [-0.39, 0.29) is 11.6 Å². The molecule has 0 saturated carbocycles. The number of nitrogen functional groups attached to an aromatic ring is 1. The minimum atomic E-state index is -0.0741. The number of benzene rings is 2. The van der Waals surface area contributed by atoms with Crippen LogP contribution in [0.25, 0.3) is 10.9 Å². The van der Waals surface area contributed by atoms with Crippen molar-refractivity contribution >= 4 is 38.5 Å². The Labute approximate surface area is 159 Å². The van der Waals surface area contributed by atoms with Gasteiger partial charge in [-0.3, -0.25) is 9.36 Å². The van der Waals surface area contributed by atoms with Crippen LogP contribution < -0.4 is 21.9 Å². The Bertz CT molecular complexity index is 1030. The molecule has 26 heavy (non-hydrogen) atoms. The topological polar surface area (TPSA) is 90.2 Å². The molecule has 0 bridgehead atoms. The molecule has 1 aliphatic rings. The highest BCUT2D eigenvalue weighted by Gasteiger charge is 2.24. The Morgan fingerprint density at radius 1 is 1.23 bits per heavy atom. The van der Waals surface area contributed by atoms with E-state index in [4.69, 9.17) is 16.5 Å². The summed E-state index contributed by atoms with van der Waals surface area (Å²) in [7, 11) is 0. The summed E-state index contributed by atoms with van der Waals surface area (Å²) >= 11 is 3.44. The summed E-state index contributed by atoms with van der Waals surface area (Å²) in [5.41, 5.74) is 14.4. The van der Waals surface area contributed by atoms with Crippen LogP contribution in [-0.4, -0.2) is 28.7 Å². The van der Waals surface area contributed by atoms with E-state index in [0.717, 1.165) is 23.0 Å². The van der Waals surface area contributed by atoms with Gasteiger partial charge in [-0.1, -0.05) is 34.1 Å². The first-order chi connectivity index (χ1) is 12.5. The van der Waals surface area contributed by atoms with Crippen molar-refractivity contribution in [2.75, 3.05) is 23.7 Å². The molecule has 1 atom stereocenters. The summed E-state index contributed by atoms with van der Waals surface area (Å²) in [6, 6.07) is 13.3. The van der Waals surface area contributed by atoms with Gasteiger partial charge in [-0.15, -0.1) is 0 Å². The Balaban J connectivity index is 1.91. The zero-order valence-corrected chi connectivity index (χ0v) is 15.8. The second kappa shape index (κ2) is 6.74. The number of rotatable bonds is 3. The van der Waals surface area contributed by atoms with Crippen LogP contribution in [0.2, 0.25) is 0 Å². The highest BCUT2D eigenvalue weighted by Crippen LogP contribution is 2.23. The van der Waals surface area contributed by atoms with Crippen LogP contribution in [0.4, 0.5) is 11.6 Å². The largest absolute Gasteiger partial charge is 0.398 e. The molecule has 1 fully saturated rings. The smallest absolute Gasteiger partial charge is 0.263 e. The predicted octanol–water partition coefficient (Wildman–Crippen LogP) is 2.33. The fourth-order valence-corrected chi connectivity index (χ4v) is 3.74. The summed E-state index contributed by atoms with van der Waals surface area (Å²) in [6.07, 6.45) is 0.891. The quantitative estimate of drug-likeness (QED) is 0.643. The molecule has 1 saturated heterocycles. The Hall–Kier alpha value is -2.38. The Kier molecular flexibility index (Phi) is 4.42. The van der Waals surface area contributed by atoms with Crippen LogP contribution >= 0.6 is 15.9 Å². The molecule has 1 aliphatic heterocycles. The minimum absolute atomic E-state index is 0.0741. The standard InChI is InChI=1S/C19H20BrN5O/c20-13-5-6-17-15(9-13)18(26)25(10-12-3-1-2-4-16(12)22)19(23-17)24-8-7-14(21)11-24/h1-6,9,14H,7-8,10-11,21-22H2/t14-/m1/s1. The number of para-hydroxylation sites is 1. The van der Waals surface area contributed by atoms with E-state index in [9.17, 15) is 4.79 Å². The van der Waals surface area contributed by atoms with Crippen molar-refractivity contribution < 1.29 is 0 Å². The molecule has 4 rings (SSSR count). The number of hydrogen-bond acceptors (Lipinski definition) is 5. The van der Waals surface area contributed by atoms with E-state index in [1.54, 1.807) is 4.57 Å². The fourth-order valence-electron chi connectivity index (χ4n) is 3.38. The zero-order chi connectivity index (χ0) is 18.3. The van der Waals surface area contributed by atoms with Crippen LogP contribution in [0.1, 0.15) is 12.0 Å². The number of fused-ring (bicyclic) bond motifs is 1. The van der Waals surface area contributed by atoms with Crippen molar-refractivity contribution in [3.05, 3.63) is 62.9 Å². The molecule has 134 valence electrons. The van der Waals surface area contributed by atoms with Crippen LogP contribution in [0.5, 0.6) is 0 Å². The Morgan fingerprint density at radius 3 is 2.77 bits per heavy atom. The van der Waals surface area contributed by atoms with E-state index in [1.165, 1.54) is 0 Å². The summed E-state index contributed by atoms with van der Waals surface area (Å²) in [5.74, 6) is 0.654. The van der Waals surface area contributed by atoms with Gasteiger partial charge >= 0.3 is 0 Å². The molecule has 2 heterocycles. The van der Waals surface area contributed by atoms with Crippen molar-refractivity contribution in [1.29, 1.82) is 0 Å². The number of nitrogens with zero attached hydrogens (tertiary/aromatic N) is 3. The van der Waals surface area contributed by atoms with Crippen LogP contribution in [0, 0.1) is 0 Å². The lowest BCUT2D eigenvalue weighted by Crippen LogP contribution is -2.34. The number of aromatic nitrogens is 2. The number of hydrogen-bond donors (Lipinski definition) is 2. The SMILES string of the molecule is Nc1ccccc1Cn1c(N2CC[C@@H](N)C2)nc2ccc(Br)cc2c1=O. The summed E-state index contributed by atoms with van der Waals surface area (Å²) < 4.78 is 2.56. The number of nitrogens with two attached hydrogens (primary N) is 2. The molecular weight excluding hydrogens is 394 g/mol. The molecule has 3 aromatic rings. The summed E-state index contributed by atoms with van der Waals surface area (Å²) in [5, 5.41) is 0.584. The molecule has 0 amide bonds. The monoisotopic (exact) mass is 413 g/mol. The predicted molar refractivity (Wildman–Crippen MR) is 108 cm³/mol. The van der Waals surface area contributed by atoms with Gasteiger partial charge in [-0.2, -0.15) is 0 Å². The lowest BCUT2D eigenvalue weighted by Gasteiger charge is -2.22. The molecule has 0 unspecified atom stereocenters. The molecule has 6 nitrogen and oxygen atoms in total. The van der Waals surface area contributed by atoms with Crippen LogP contribution in [-0.2, 0) is 6.54 Å². The van der Waals surface area contributed by atoms with Crippen molar-refractivity contribution in [2.45, 2.75) is 19.0 Å². The van der Waals surface area contributed by atoms with Gasteiger partial charge in [0, 0.05) is 29.3 Å². The molecule has 2 aromatic carbocycles. The van der Waals surface area contributed by atoms with Gasteiger partial charge in [-0.25, -0.2) is 4.98 Å². The van der Waals surface area contributed by atoms with Crippen LogP contribution in [0.3, 0.4) is 0 Å². The third-order valence-electron chi connectivity index (χ3n) is 4.79. The molecule has 0 aliphatic carbocycles. The van der Waals surface area contributed by atoms with Crippen LogP contribution in [0.15, 0.2) is 51.7 Å². The van der Waals surface area contributed by atoms with Gasteiger partial charge in [-0.05, 0) is 36.2 Å². The van der Waals surface area contributed by atoms with Gasteiger partial charge in [0.2, 0.25) is 5.95 Å². The molecule has 4 N–H and O–H groups in total. The summed E-state index contributed by atoms with van der Waals surface area (Å²) in [4.78, 5) is 20.1. The van der Waals surface area contributed by atoms with Gasteiger partial charge in [0.25, 0.3) is 5.56 Å². The first-order valence-electron chi connectivity index (χ1n) is 8.57. The van der Waals surface area contributed by atoms with Gasteiger partial charge in [0.1, 0.15) is 0 Å². The lowest BCUT2D eigenvalue weighted by molar-refractivity contribution is 0.708. The van der Waals surface area contributed by atoms with Crippen molar-refractivity contribution in [3.63, 3.8) is 0 Å². The van der Waals surface area contributed by atoms with E-state index in [1.807, 2.05) is 42.5 Å². The third-order valence-corrected chi connectivity index (χ3v) is 5.28. The molecule has 1 aromatic heterocycles. The molecule has 7 heteroatoms. The first-order valence-corrected chi connectivity index (χ1v) is 9.36. The molecule has 0 radical (unpaired) electrons. The normalized spacial score (nSPS) is 17.2. The maximum atomic E-state index is 13.3. The molecular formula is C19H20BrN5O. The Morgan fingerprint density at radius 2 is 2.04 bits per heavy atom. The minimum Gasteiger partial charge on any atom is -0.398 e. The fraction of sp³-hybridized carbons (Fsp3) is 0.263. The number of halogens is 1. The average molecular weight is 414 g/mol. The zero-order valence-electron chi connectivity index (χ0n) is 14.2. The van der Waals surface area contributed by atoms with E-state index >= 15 is 0 Å². The van der Waals surface area contributed by atoms with Crippen molar-refractivity contribution in [1.82, 2.24) is 9.55 Å². The number of anilines is 2. The van der Waals surface area contributed by atoms with Gasteiger partial charge < -0.3 is 16.4 Å². The third kappa shape index (κ3) is 3.08. The van der Waals surface area contributed by atoms with E-state index in [0.29, 0.717) is 35.6 Å². The first kappa shape index (κ1) is 17.1. The van der Waals surface area contributed by atoms with E-state index in [2.05, 4.69) is 20.8 Å². The maximum Gasteiger partial charge on any atom is 0.263 e. The highest BCUT2D eigenvalue weighted by molar-refractivity contribution is 9.10. The van der Waals surface area contributed by atoms with Crippen molar-refractivity contribution in [2.24, 2.45) is 5.73 Å². The highest BCUT2D eigenvalue weighted by atomic mass is 79.9. The lowest BCUT2D eigenvalue weighted by atomic mass is 10.1. The second-order valence-electron chi connectivity index (χ2n) is 6.66. The van der Waals surface area contributed by atoms with Gasteiger partial charge in [0.15, 0.2) is 0 Å². The second-order valence-corrected chi connectivity index (χ2v) is 7.57. The maximum absolute atomic E-state index is 13.3.